The Bertz CT molecular complexity index is 551. The van der Waals surface area contributed by atoms with Crippen LogP contribution in [0.4, 0.5) is 0 Å². The van der Waals surface area contributed by atoms with E-state index in [4.69, 9.17) is 4.74 Å². The Hall–Kier alpha value is -0.880. The van der Waals surface area contributed by atoms with Gasteiger partial charge in [-0.25, -0.2) is 8.42 Å². The van der Waals surface area contributed by atoms with Crippen LogP contribution in [-0.2, 0) is 9.84 Å². The molecule has 4 nitrogen and oxygen atoms in total. The van der Waals surface area contributed by atoms with Gasteiger partial charge < -0.3 is 4.74 Å². The van der Waals surface area contributed by atoms with Gasteiger partial charge in [-0.05, 0) is 30.7 Å². The number of sulfone groups is 1. The smallest absolute Gasteiger partial charge is 0.194 e. The first kappa shape index (κ1) is 16.2. The minimum absolute atomic E-state index is 0.0893. The lowest BCUT2D eigenvalue weighted by molar-refractivity contribution is 0.0976. The van der Waals surface area contributed by atoms with Crippen molar-refractivity contribution in [3.63, 3.8) is 0 Å². The molecule has 0 saturated carbocycles. The lowest BCUT2D eigenvalue weighted by Crippen LogP contribution is -2.41. The molecule has 1 atom stereocenters. The highest BCUT2D eigenvalue weighted by Gasteiger charge is 2.45. The van der Waals surface area contributed by atoms with Crippen LogP contribution in [0.25, 0.3) is 0 Å². The molecule has 0 aromatic heterocycles. The molecule has 0 radical (unpaired) electrons. The Balaban J connectivity index is 3.22. The molecule has 0 N–H and O–H groups in total. The number of ether oxygens (including phenoxy) is 1. The fourth-order valence-corrected chi connectivity index (χ4v) is 3.92. The van der Waals surface area contributed by atoms with Crippen molar-refractivity contribution in [1.29, 1.82) is 0 Å². The van der Waals surface area contributed by atoms with E-state index in [1.54, 1.807) is 31.2 Å². The topological polar surface area (TPSA) is 60.4 Å². The Morgan fingerprint density at radius 1 is 1.26 bits per heavy atom. The number of carbonyl (C=O) groups excluding carboxylic acids is 1. The number of hydrogen-bond donors (Lipinski definition) is 0. The first-order valence-electron chi connectivity index (χ1n) is 5.92. The summed E-state index contributed by atoms with van der Waals surface area (Å²) < 4.78 is 27.7. The van der Waals surface area contributed by atoms with Crippen LogP contribution in [0.2, 0.25) is 0 Å². The molecular formula is C13H17BrO4S. The molecule has 0 heterocycles. The summed E-state index contributed by atoms with van der Waals surface area (Å²) in [6, 6.07) is 6.40. The molecule has 0 aliphatic heterocycles. The first-order chi connectivity index (χ1) is 8.82. The summed E-state index contributed by atoms with van der Waals surface area (Å²) in [5.74, 6) is 0.0830. The van der Waals surface area contributed by atoms with Crippen molar-refractivity contribution in [1.82, 2.24) is 0 Å². The molecule has 0 fully saturated rings. The van der Waals surface area contributed by atoms with E-state index in [-0.39, 0.29) is 12.2 Å². The number of carbonyl (C=O) groups is 1. The van der Waals surface area contributed by atoms with Crippen molar-refractivity contribution in [2.45, 2.75) is 23.9 Å². The summed E-state index contributed by atoms with van der Waals surface area (Å²) >= 11 is 3.14. The minimum Gasteiger partial charge on any atom is -0.497 e. The van der Waals surface area contributed by atoms with Crippen molar-refractivity contribution < 1.29 is 17.9 Å². The molecule has 0 saturated heterocycles. The van der Waals surface area contributed by atoms with Gasteiger partial charge >= 0.3 is 0 Å². The van der Waals surface area contributed by atoms with E-state index in [0.717, 1.165) is 0 Å². The van der Waals surface area contributed by atoms with Crippen LogP contribution in [0.15, 0.2) is 24.3 Å². The lowest BCUT2D eigenvalue weighted by Gasteiger charge is -2.24. The van der Waals surface area contributed by atoms with Gasteiger partial charge in [0.25, 0.3) is 0 Å². The van der Waals surface area contributed by atoms with Crippen LogP contribution >= 0.6 is 15.9 Å². The maximum absolute atomic E-state index is 12.4. The zero-order valence-electron chi connectivity index (χ0n) is 11.1. The van der Waals surface area contributed by atoms with Crippen LogP contribution in [0.1, 0.15) is 30.6 Å². The summed E-state index contributed by atoms with van der Waals surface area (Å²) in [7, 11) is -2.01. The Labute approximate surface area is 122 Å². The van der Waals surface area contributed by atoms with Gasteiger partial charge in [-0.1, -0.05) is 29.8 Å². The predicted octanol–water partition coefficient (Wildman–Crippen LogP) is 2.81. The number of ketones is 1. The largest absolute Gasteiger partial charge is 0.497 e. The molecule has 1 aromatic rings. The molecule has 0 bridgehead atoms. The maximum Gasteiger partial charge on any atom is 0.194 e. The molecule has 0 unspecified atom stereocenters. The van der Waals surface area contributed by atoms with Crippen molar-refractivity contribution in [2.24, 2.45) is 0 Å². The van der Waals surface area contributed by atoms with Gasteiger partial charge in [0.2, 0.25) is 0 Å². The number of halogens is 1. The molecule has 106 valence electrons. The Morgan fingerprint density at radius 3 is 2.16 bits per heavy atom. The van der Waals surface area contributed by atoms with E-state index in [1.807, 2.05) is 0 Å². The summed E-state index contributed by atoms with van der Waals surface area (Å²) in [4.78, 5) is 12.4. The molecule has 19 heavy (non-hydrogen) atoms. The summed E-state index contributed by atoms with van der Waals surface area (Å²) in [5, 5.41) is 0. The second-order valence-electron chi connectivity index (χ2n) is 4.04. The highest BCUT2D eigenvalue weighted by molar-refractivity contribution is 9.12. The Morgan fingerprint density at radius 2 is 1.79 bits per heavy atom. The molecule has 1 aromatic carbocycles. The average Bonchev–Trinajstić information content (AvgIpc) is 2.45. The molecule has 0 spiro atoms. The van der Waals surface area contributed by atoms with Gasteiger partial charge in [0, 0.05) is 11.3 Å². The predicted molar refractivity (Wildman–Crippen MR) is 78.7 cm³/mol. The normalized spacial score (nSPS) is 14.7. The fraction of sp³-hybridized carbons (Fsp3) is 0.462. The van der Waals surface area contributed by atoms with Gasteiger partial charge in [0.05, 0.1) is 7.11 Å². The highest BCUT2D eigenvalue weighted by atomic mass is 79.9. The second kappa shape index (κ2) is 6.05. The fourth-order valence-electron chi connectivity index (χ4n) is 1.71. The second-order valence-corrected chi connectivity index (χ2v) is 8.43. The van der Waals surface area contributed by atoms with E-state index in [0.29, 0.717) is 11.3 Å². The third-order valence-corrected chi connectivity index (χ3v) is 7.64. The van der Waals surface area contributed by atoms with Gasteiger partial charge in [-0.3, -0.25) is 4.79 Å². The van der Waals surface area contributed by atoms with E-state index < -0.39 is 19.3 Å². The number of benzene rings is 1. The van der Waals surface area contributed by atoms with Crippen molar-refractivity contribution in [3.8, 4) is 5.75 Å². The van der Waals surface area contributed by atoms with Gasteiger partial charge in [0.1, 0.15) is 5.75 Å². The number of Topliss-reactive ketones (excluding diaryl/α,β-unsaturated/α-hetero) is 1. The first-order valence-corrected chi connectivity index (χ1v) is 8.37. The van der Waals surface area contributed by atoms with E-state index in [2.05, 4.69) is 15.9 Å². The minimum atomic E-state index is -3.54. The van der Waals surface area contributed by atoms with Crippen LogP contribution in [0.3, 0.4) is 0 Å². The summed E-state index contributed by atoms with van der Waals surface area (Å²) in [6.07, 6.45) is 0.175. The number of methoxy groups -OCH3 is 1. The van der Waals surface area contributed by atoms with Gasteiger partial charge in [0.15, 0.2) is 19.3 Å². The highest BCUT2D eigenvalue weighted by Crippen LogP contribution is 2.34. The molecular weight excluding hydrogens is 332 g/mol. The quantitative estimate of drug-likeness (QED) is 0.585. The van der Waals surface area contributed by atoms with E-state index >= 15 is 0 Å². The number of rotatable bonds is 6. The molecule has 0 aliphatic rings. The van der Waals surface area contributed by atoms with Crippen LogP contribution < -0.4 is 4.74 Å². The van der Waals surface area contributed by atoms with E-state index in [1.165, 1.54) is 14.0 Å². The third-order valence-electron chi connectivity index (χ3n) is 3.02. The third kappa shape index (κ3) is 3.00. The maximum atomic E-state index is 12.4. The van der Waals surface area contributed by atoms with E-state index in [9.17, 15) is 13.2 Å². The van der Waals surface area contributed by atoms with Gasteiger partial charge in [-0.15, -0.1) is 0 Å². The summed E-state index contributed by atoms with van der Waals surface area (Å²) in [5.41, 5.74) is 0.344. The number of hydrogen-bond acceptors (Lipinski definition) is 4. The Kier molecular flexibility index (Phi) is 5.15. The van der Waals surface area contributed by atoms with Crippen LogP contribution in [-0.4, -0.2) is 30.7 Å². The zero-order chi connectivity index (χ0) is 14.7. The van der Waals surface area contributed by atoms with Crippen molar-refractivity contribution in [3.05, 3.63) is 29.8 Å². The SMILES string of the molecule is CC[C@](Br)(C(=O)c1ccc(OC)cc1)S(=O)(=O)CC. The molecule has 0 aliphatic carbocycles. The average molecular weight is 349 g/mol. The standard InChI is InChI=1S/C13H17BrO4S/c1-4-13(14,19(16,17)5-2)12(15)10-6-8-11(18-3)9-7-10/h6-9H,4-5H2,1-3H3/t13-/m1/s1. The molecule has 1 rings (SSSR count). The monoisotopic (exact) mass is 348 g/mol. The molecule has 6 heteroatoms. The summed E-state index contributed by atoms with van der Waals surface area (Å²) in [6.45, 7) is 3.20. The van der Waals surface area contributed by atoms with Gasteiger partial charge in [-0.2, -0.15) is 0 Å². The van der Waals surface area contributed by atoms with Crippen molar-refractivity contribution >= 4 is 31.6 Å². The lowest BCUT2D eigenvalue weighted by atomic mass is 10.1. The number of alkyl halides is 1. The zero-order valence-corrected chi connectivity index (χ0v) is 13.5. The van der Waals surface area contributed by atoms with Crippen LogP contribution in [0.5, 0.6) is 5.75 Å². The van der Waals surface area contributed by atoms with Crippen LogP contribution in [0, 0.1) is 0 Å². The molecule has 0 amide bonds. The van der Waals surface area contributed by atoms with Crippen molar-refractivity contribution in [2.75, 3.05) is 12.9 Å².